The van der Waals surface area contributed by atoms with Crippen molar-refractivity contribution in [2.24, 2.45) is 11.8 Å². The summed E-state index contributed by atoms with van der Waals surface area (Å²) in [6, 6.07) is 1.46. The van der Waals surface area contributed by atoms with Gasteiger partial charge in [-0.2, -0.15) is 0 Å². The predicted molar refractivity (Wildman–Crippen MR) is 62.5 cm³/mol. The maximum absolute atomic E-state index is 3.70. The first-order valence-electron chi connectivity index (χ1n) is 5.94. The minimum Gasteiger partial charge on any atom is -0.313 e. The number of piperidine rings is 1. The summed E-state index contributed by atoms with van der Waals surface area (Å²) in [6.45, 7) is 11.6. The summed E-state index contributed by atoms with van der Waals surface area (Å²) in [7, 11) is 2.24. The summed E-state index contributed by atoms with van der Waals surface area (Å²) >= 11 is 0. The van der Waals surface area contributed by atoms with Crippen LogP contribution in [0, 0.1) is 11.8 Å². The third-order valence-electron chi connectivity index (χ3n) is 3.40. The fraction of sp³-hybridized carbons (Fsp3) is 1.00. The molecule has 1 N–H and O–H groups in total. The molecule has 0 amide bonds. The van der Waals surface area contributed by atoms with Crippen molar-refractivity contribution in [2.45, 2.75) is 46.2 Å². The first-order chi connectivity index (χ1) is 6.50. The van der Waals surface area contributed by atoms with Gasteiger partial charge in [0, 0.05) is 18.6 Å². The molecule has 0 unspecified atom stereocenters. The van der Waals surface area contributed by atoms with E-state index in [-0.39, 0.29) is 0 Å². The Morgan fingerprint density at radius 2 is 2.00 bits per heavy atom. The number of hydrogen-bond donors (Lipinski definition) is 1. The van der Waals surface area contributed by atoms with Crippen LogP contribution in [0.3, 0.4) is 0 Å². The van der Waals surface area contributed by atoms with Gasteiger partial charge in [0.2, 0.25) is 0 Å². The highest BCUT2D eigenvalue weighted by atomic mass is 15.2. The molecule has 14 heavy (non-hydrogen) atoms. The first kappa shape index (κ1) is 12.0. The average Bonchev–Trinajstić information content (AvgIpc) is 2.09. The SMILES string of the molecule is CC(C)CN[C@@H]1C[C@H](C)N(C)C[C@H]1C. The third-order valence-corrected chi connectivity index (χ3v) is 3.40. The molecule has 84 valence electrons. The molecule has 0 saturated carbocycles. The van der Waals surface area contributed by atoms with Gasteiger partial charge in [0.25, 0.3) is 0 Å². The second-order valence-corrected chi connectivity index (χ2v) is 5.41. The fourth-order valence-electron chi connectivity index (χ4n) is 2.21. The second kappa shape index (κ2) is 5.13. The van der Waals surface area contributed by atoms with Crippen molar-refractivity contribution in [3.8, 4) is 0 Å². The molecule has 1 heterocycles. The molecule has 1 aliphatic rings. The highest BCUT2D eigenvalue weighted by Gasteiger charge is 2.28. The molecule has 0 radical (unpaired) electrons. The lowest BCUT2D eigenvalue weighted by molar-refractivity contribution is 0.120. The van der Waals surface area contributed by atoms with Crippen LogP contribution < -0.4 is 5.32 Å². The molecule has 1 saturated heterocycles. The van der Waals surface area contributed by atoms with E-state index in [0.717, 1.165) is 30.5 Å². The van der Waals surface area contributed by atoms with Crippen LogP contribution in [0.4, 0.5) is 0 Å². The molecule has 2 nitrogen and oxygen atoms in total. The van der Waals surface area contributed by atoms with Crippen LogP contribution in [0.15, 0.2) is 0 Å². The number of nitrogens with zero attached hydrogens (tertiary/aromatic N) is 1. The number of hydrogen-bond acceptors (Lipinski definition) is 2. The monoisotopic (exact) mass is 198 g/mol. The summed E-state index contributed by atoms with van der Waals surface area (Å²) in [5.74, 6) is 1.55. The molecule has 3 atom stereocenters. The molecule has 1 fully saturated rings. The smallest absolute Gasteiger partial charge is 0.0120 e. The lowest BCUT2D eigenvalue weighted by Gasteiger charge is -2.40. The van der Waals surface area contributed by atoms with Crippen LogP contribution in [-0.4, -0.2) is 37.1 Å². The van der Waals surface area contributed by atoms with Gasteiger partial charge in [-0.3, -0.25) is 0 Å². The van der Waals surface area contributed by atoms with E-state index in [0.29, 0.717) is 0 Å². The molecule has 1 aliphatic heterocycles. The average molecular weight is 198 g/mol. The second-order valence-electron chi connectivity index (χ2n) is 5.41. The van der Waals surface area contributed by atoms with E-state index in [4.69, 9.17) is 0 Å². The van der Waals surface area contributed by atoms with Crippen molar-refractivity contribution in [2.75, 3.05) is 20.1 Å². The molecule has 2 heteroatoms. The molecule has 0 spiro atoms. The Hall–Kier alpha value is -0.0800. The van der Waals surface area contributed by atoms with Crippen LogP contribution in [-0.2, 0) is 0 Å². The van der Waals surface area contributed by atoms with Crippen LogP contribution in [0.2, 0.25) is 0 Å². The Balaban J connectivity index is 2.37. The summed E-state index contributed by atoms with van der Waals surface area (Å²) in [6.07, 6.45) is 1.30. The Morgan fingerprint density at radius 3 is 2.57 bits per heavy atom. The molecule has 1 rings (SSSR count). The van der Waals surface area contributed by atoms with E-state index in [2.05, 4.69) is 45.0 Å². The molecular formula is C12H26N2. The molecule has 0 aromatic carbocycles. The van der Waals surface area contributed by atoms with E-state index in [1.54, 1.807) is 0 Å². The maximum atomic E-state index is 3.70. The van der Waals surface area contributed by atoms with Crippen molar-refractivity contribution < 1.29 is 0 Å². The largest absolute Gasteiger partial charge is 0.313 e. The van der Waals surface area contributed by atoms with Crippen LogP contribution in [0.1, 0.15) is 34.1 Å². The lowest BCUT2D eigenvalue weighted by atomic mass is 9.89. The zero-order chi connectivity index (χ0) is 10.7. The van der Waals surface area contributed by atoms with Gasteiger partial charge < -0.3 is 10.2 Å². The topological polar surface area (TPSA) is 15.3 Å². The highest BCUT2D eigenvalue weighted by Crippen LogP contribution is 2.20. The van der Waals surface area contributed by atoms with Crippen LogP contribution >= 0.6 is 0 Å². The van der Waals surface area contributed by atoms with Crippen molar-refractivity contribution in [3.05, 3.63) is 0 Å². The van der Waals surface area contributed by atoms with Gasteiger partial charge in [0.05, 0.1) is 0 Å². The summed E-state index contributed by atoms with van der Waals surface area (Å²) < 4.78 is 0. The van der Waals surface area contributed by atoms with Gasteiger partial charge in [0.1, 0.15) is 0 Å². The van der Waals surface area contributed by atoms with Crippen LogP contribution in [0.5, 0.6) is 0 Å². The minimum atomic E-state index is 0.726. The Morgan fingerprint density at radius 1 is 1.36 bits per heavy atom. The molecule has 0 aromatic rings. The third kappa shape index (κ3) is 3.25. The predicted octanol–water partition coefficient (Wildman–Crippen LogP) is 1.96. The zero-order valence-corrected chi connectivity index (χ0v) is 10.4. The van der Waals surface area contributed by atoms with E-state index in [1.807, 2.05) is 0 Å². The van der Waals surface area contributed by atoms with Gasteiger partial charge in [-0.15, -0.1) is 0 Å². The summed E-state index contributed by atoms with van der Waals surface area (Å²) in [5, 5.41) is 3.70. The van der Waals surface area contributed by atoms with Gasteiger partial charge in [-0.1, -0.05) is 20.8 Å². The normalized spacial score (nSPS) is 35.1. The number of nitrogens with one attached hydrogen (secondary N) is 1. The van der Waals surface area contributed by atoms with E-state index in [9.17, 15) is 0 Å². The molecule has 0 bridgehead atoms. The van der Waals surface area contributed by atoms with Crippen molar-refractivity contribution in [1.29, 1.82) is 0 Å². The van der Waals surface area contributed by atoms with Gasteiger partial charge in [-0.05, 0) is 38.8 Å². The highest BCUT2D eigenvalue weighted by molar-refractivity contribution is 4.86. The van der Waals surface area contributed by atoms with Crippen molar-refractivity contribution >= 4 is 0 Å². The van der Waals surface area contributed by atoms with Gasteiger partial charge >= 0.3 is 0 Å². The maximum Gasteiger partial charge on any atom is 0.0120 e. The van der Waals surface area contributed by atoms with E-state index >= 15 is 0 Å². The number of rotatable bonds is 3. The van der Waals surface area contributed by atoms with Crippen molar-refractivity contribution in [1.82, 2.24) is 10.2 Å². The first-order valence-corrected chi connectivity index (χ1v) is 5.94. The molecule has 0 aliphatic carbocycles. The Kier molecular flexibility index (Phi) is 4.39. The fourth-order valence-corrected chi connectivity index (χ4v) is 2.21. The van der Waals surface area contributed by atoms with E-state index in [1.165, 1.54) is 13.0 Å². The summed E-state index contributed by atoms with van der Waals surface area (Å²) in [5.41, 5.74) is 0. The molecular weight excluding hydrogens is 172 g/mol. The van der Waals surface area contributed by atoms with Crippen LogP contribution in [0.25, 0.3) is 0 Å². The Bertz CT molecular complexity index is 168. The van der Waals surface area contributed by atoms with Gasteiger partial charge in [-0.25, -0.2) is 0 Å². The quantitative estimate of drug-likeness (QED) is 0.746. The summed E-state index contributed by atoms with van der Waals surface area (Å²) in [4.78, 5) is 2.47. The lowest BCUT2D eigenvalue weighted by Crippen LogP contribution is -2.51. The zero-order valence-electron chi connectivity index (χ0n) is 10.4. The Labute approximate surface area is 89.1 Å². The minimum absolute atomic E-state index is 0.726. The number of likely N-dealkylation sites (tertiary alicyclic amines) is 1. The standard InChI is InChI=1S/C12H26N2/c1-9(2)7-13-12-6-11(4)14(5)8-10(12)3/h9-13H,6-8H2,1-5H3/t10-,11+,12-/m1/s1. The van der Waals surface area contributed by atoms with E-state index < -0.39 is 0 Å². The van der Waals surface area contributed by atoms with Crippen molar-refractivity contribution in [3.63, 3.8) is 0 Å². The molecule has 0 aromatic heterocycles. The van der Waals surface area contributed by atoms with Gasteiger partial charge in [0.15, 0.2) is 0 Å².